The SMILES string of the molecule is CCOC(=O)CN(CCCS(=O)(=O)c1ccc(F)cc1)Cc1ccccc1. The molecule has 0 saturated carbocycles. The lowest BCUT2D eigenvalue weighted by atomic mass is 10.2. The molecule has 0 aromatic heterocycles. The maximum Gasteiger partial charge on any atom is 0.320 e. The van der Waals surface area contributed by atoms with Crippen LogP contribution in [0.4, 0.5) is 4.39 Å². The number of benzene rings is 2. The van der Waals surface area contributed by atoms with E-state index in [2.05, 4.69) is 0 Å². The number of hydrogen-bond acceptors (Lipinski definition) is 5. The van der Waals surface area contributed by atoms with Gasteiger partial charge in [-0.25, -0.2) is 12.8 Å². The molecule has 2 aromatic rings. The van der Waals surface area contributed by atoms with Gasteiger partial charge in [0.25, 0.3) is 0 Å². The molecule has 0 heterocycles. The van der Waals surface area contributed by atoms with Gasteiger partial charge in [-0.2, -0.15) is 0 Å². The molecule has 0 aliphatic carbocycles. The molecular formula is C20H24FNO4S. The number of esters is 1. The van der Waals surface area contributed by atoms with E-state index >= 15 is 0 Å². The molecule has 0 unspecified atom stereocenters. The zero-order valence-electron chi connectivity index (χ0n) is 15.3. The molecular weight excluding hydrogens is 369 g/mol. The van der Waals surface area contributed by atoms with Gasteiger partial charge in [0.15, 0.2) is 9.84 Å². The number of hydrogen-bond donors (Lipinski definition) is 0. The van der Waals surface area contributed by atoms with Crippen LogP contribution in [0.2, 0.25) is 0 Å². The number of ether oxygens (including phenoxy) is 1. The Hall–Kier alpha value is -2.25. The van der Waals surface area contributed by atoms with Gasteiger partial charge < -0.3 is 4.74 Å². The second-order valence-electron chi connectivity index (χ2n) is 6.13. The Kier molecular flexibility index (Phi) is 7.94. The Morgan fingerprint density at radius 1 is 1.07 bits per heavy atom. The zero-order valence-corrected chi connectivity index (χ0v) is 16.1. The monoisotopic (exact) mass is 393 g/mol. The van der Waals surface area contributed by atoms with Crippen LogP contribution in [0.3, 0.4) is 0 Å². The van der Waals surface area contributed by atoms with Crippen LogP contribution in [0.1, 0.15) is 18.9 Å². The maximum atomic E-state index is 13.0. The van der Waals surface area contributed by atoms with Gasteiger partial charge in [-0.1, -0.05) is 30.3 Å². The highest BCUT2D eigenvalue weighted by Gasteiger charge is 2.17. The fourth-order valence-corrected chi connectivity index (χ4v) is 3.98. The lowest BCUT2D eigenvalue weighted by molar-refractivity contribution is -0.144. The third-order valence-electron chi connectivity index (χ3n) is 3.97. The summed E-state index contributed by atoms with van der Waals surface area (Å²) in [5.41, 5.74) is 1.03. The average Bonchev–Trinajstić information content (AvgIpc) is 2.63. The lowest BCUT2D eigenvalue weighted by Crippen LogP contribution is -2.32. The summed E-state index contributed by atoms with van der Waals surface area (Å²) < 4.78 is 42.7. The predicted octanol–water partition coefficient (Wildman–Crippen LogP) is 3.05. The summed E-state index contributed by atoms with van der Waals surface area (Å²) >= 11 is 0. The van der Waals surface area contributed by atoms with Gasteiger partial charge in [-0.15, -0.1) is 0 Å². The van der Waals surface area contributed by atoms with Crippen molar-refractivity contribution in [2.45, 2.75) is 24.8 Å². The molecule has 7 heteroatoms. The zero-order chi connectivity index (χ0) is 19.7. The van der Waals surface area contributed by atoms with Crippen LogP contribution in [0.15, 0.2) is 59.5 Å². The molecule has 0 saturated heterocycles. The first-order chi connectivity index (χ1) is 12.9. The van der Waals surface area contributed by atoms with Crippen molar-refractivity contribution in [3.05, 3.63) is 66.0 Å². The summed E-state index contributed by atoms with van der Waals surface area (Å²) in [6.45, 7) is 3.09. The average molecular weight is 393 g/mol. The van der Waals surface area contributed by atoms with E-state index in [0.717, 1.165) is 17.7 Å². The summed E-state index contributed by atoms with van der Waals surface area (Å²) in [5.74, 6) is -0.889. The van der Waals surface area contributed by atoms with Crippen molar-refractivity contribution >= 4 is 15.8 Å². The van der Waals surface area contributed by atoms with Crippen LogP contribution >= 0.6 is 0 Å². The van der Waals surface area contributed by atoms with Crippen LogP contribution in [0, 0.1) is 5.82 Å². The molecule has 0 radical (unpaired) electrons. The minimum atomic E-state index is -3.49. The number of halogens is 1. The molecule has 2 rings (SSSR count). The second kappa shape index (κ2) is 10.2. The Balaban J connectivity index is 1.97. The Morgan fingerprint density at radius 2 is 1.74 bits per heavy atom. The molecule has 0 aliphatic rings. The van der Waals surface area contributed by atoms with Crippen LogP contribution in [0.25, 0.3) is 0 Å². The van der Waals surface area contributed by atoms with Crippen LogP contribution in [-0.2, 0) is 25.9 Å². The van der Waals surface area contributed by atoms with E-state index in [1.807, 2.05) is 35.2 Å². The molecule has 0 atom stereocenters. The van der Waals surface area contributed by atoms with E-state index in [9.17, 15) is 17.6 Å². The van der Waals surface area contributed by atoms with Gasteiger partial charge in [-0.05, 0) is 43.2 Å². The summed E-state index contributed by atoms with van der Waals surface area (Å²) in [7, 11) is -3.49. The van der Waals surface area contributed by atoms with Crippen molar-refractivity contribution in [2.24, 2.45) is 0 Å². The van der Waals surface area contributed by atoms with Crippen molar-refractivity contribution in [1.29, 1.82) is 0 Å². The van der Waals surface area contributed by atoms with E-state index in [0.29, 0.717) is 26.1 Å². The molecule has 0 N–H and O–H groups in total. The summed E-state index contributed by atoms with van der Waals surface area (Å²) in [6, 6.07) is 14.4. The van der Waals surface area contributed by atoms with E-state index in [1.54, 1.807) is 6.92 Å². The van der Waals surface area contributed by atoms with Gasteiger partial charge in [0.1, 0.15) is 5.82 Å². The number of sulfone groups is 1. The standard InChI is InChI=1S/C20H24FNO4S/c1-2-26-20(23)16-22(15-17-7-4-3-5-8-17)13-6-14-27(24,25)19-11-9-18(21)10-12-19/h3-5,7-12H,2,6,13-16H2,1H3. The lowest BCUT2D eigenvalue weighted by Gasteiger charge is -2.21. The molecule has 0 amide bonds. The Morgan fingerprint density at radius 3 is 2.37 bits per heavy atom. The normalized spacial score (nSPS) is 11.5. The highest BCUT2D eigenvalue weighted by molar-refractivity contribution is 7.91. The summed E-state index contributed by atoms with van der Waals surface area (Å²) in [4.78, 5) is 13.8. The van der Waals surface area contributed by atoms with Crippen LogP contribution < -0.4 is 0 Å². The molecule has 2 aromatic carbocycles. The van der Waals surface area contributed by atoms with Crippen LogP contribution in [-0.4, -0.2) is 44.7 Å². The van der Waals surface area contributed by atoms with Gasteiger partial charge >= 0.3 is 5.97 Å². The number of carbonyl (C=O) groups excluding carboxylic acids is 1. The van der Waals surface area contributed by atoms with Crippen molar-refractivity contribution in [3.8, 4) is 0 Å². The van der Waals surface area contributed by atoms with Crippen LogP contribution in [0.5, 0.6) is 0 Å². The second-order valence-corrected chi connectivity index (χ2v) is 8.24. The maximum absolute atomic E-state index is 13.0. The first kappa shape index (κ1) is 21.1. The van der Waals surface area contributed by atoms with Crippen molar-refractivity contribution in [2.75, 3.05) is 25.4 Å². The molecule has 27 heavy (non-hydrogen) atoms. The van der Waals surface area contributed by atoms with E-state index in [1.165, 1.54) is 12.1 Å². The molecule has 146 valence electrons. The Labute approximate surface area is 159 Å². The molecule has 0 spiro atoms. The summed E-state index contributed by atoms with van der Waals surface area (Å²) in [5, 5.41) is 0. The largest absolute Gasteiger partial charge is 0.465 e. The van der Waals surface area contributed by atoms with E-state index in [4.69, 9.17) is 4.74 Å². The van der Waals surface area contributed by atoms with Gasteiger partial charge in [0.05, 0.1) is 23.8 Å². The first-order valence-corrected chi connectivity index (χ1v) is 10.5. The molecule has 0 bridgehead atoms. The number of rotatable bonds is 10. The topological polar surface area (TPSA) is 63.7 Å². The smallest absolute Gasteiger partial charge is 0.320 e. The van der Waals surface area contributed by atoms with Crippen molar-refractivity contribution < 1.29 is 22.3 Å². The van der Waals surface area contributed by atoms with Gasteiger partial charge in [-0.3, -0.25) is 9.69 Å². The number of carbonyl (C=O) groups is 1. The molecule has 0 aliphatic heterocycles. The fraction of sp³-hybridized carbons (Fsp3) is 0.350. The Bertz CT molecular complexity index is 823. The molecule has 5 nitrogen and oxygen atoms in total. The third kappa shape index (κ3) is 7.11. The highest BCUT2D eigenvalue weighted by atomic mass is 32.2. The van der Waals surface area contributed by atoms with Gasteiger partial charge in [0.2, 0.25) is 0 Å². The predicted molar refractivity (Wildman–Crippen MR) is 101 cm³/mol. The minimum absolute atomic E-state index is 0.0766. The van der Waals surface area contributed by atoms with Crippen molar-refractivity contribution in [3.63, 3.8) is 0 Å². The highest BCUT2D eigenvalue weighted by Crippen LogP contribution is 2.14. The third-order valence-corrected chi connectivity index (χ3v) is 5.78. The quantitative estimate of drug-likeness (QED) is 0.459. The first-order valence-electron chi connectivity index (χ1n) is 8.81. The number of nitrogens with zero attached hydrogens (tertiary/aromatic N) is 1. The van der Waals surface area contributed by atoms with E-state index in [-0.39, 0.29) is 23.2 Å². The summed E-state index contributed by atoms with van der Waals surface area (Å²) in [6.07, 6.45) is 0.353. The van der Waals surface area contributed by atoms with Gasteiger partial charge in [0, 0.05) is 13.1 Å². The minimum Gasteiger partial charge on any atom is -0.465 e. The fourth-order valence-electron chi connectivity index (χ4n) is 2.68. The van der Waals surface area contributed by atoms with E-state index < -0.39 is 15.7 Å². The van der Waals surface area contributed by atoms with Crippen molar-refractivity contribution in [1.82, 2.24) is 4.90 Å². The molecule has 0 fully saturated rings.